The number of rotatable bonds is 3. The van der Waals surface area contributed by atoms with Gasteiger partial charge in [0.1, 0.15) is 5.58 Å². The Balaban J connectivity index is 2.32. The van der Waals surface area contributed by atoms with Crippen LogP contribution in [0.3, 0.4) is 0 Å². The molecule has 6 nitrogen and oxygen atoms in total. The summed E-state index contributed by atoms with van der Waals surface area (Å²) in [5.41, 5.74) is 0.886. The summed E-state index contributed by atoms with van der Waals surface area (Å²) in [6, 6.07) is 6.13. The molecule has 1 N–H and O–H groups in total. The molecular weight excluding hydrogens is 262 g/mol. The smallest absolute Gasteiger partial charge is 0.374 e. The number of benzene rings is 1. The molecule has 1 aromatic heterocycles. The molecule has 0 bridgehead atoms. The van der Waals surface area contributed by atoms with Gasteiger partial charge in [0, 0.05) is 13.1 Å². The molecule has 20 heavy (non-hydrogen) atoms. The predicted octanol–water partition coefficient (Wildman–Crippen LogP) is 1.00. The van der Waals surface area contributed by atoms with E-state index in [4.69, 9.17) is 9.15 Å². The zero-order chi connectivity index (χ0) is 14.7. The minimum Gasteiger partial charge on any atom is -0.450 e. The summed E-state index contributed by atoms with van der Waals surface area (Å²) in [6.45, 7) is 1.43. The fourth-order valence-corrected chi connectivity index (χ4v) is 1.65. The molecule has 1 amide bonds. The molecule has 0 spiro atoms. The first-order chi connectivity index (χ1) is 9.51. The third-order valence-corrected chi connectivity index (χ3v) is 2.70. The van der Waals surface area contributed by atoms with Gasteiger partial charge in [0.05, 0.1) is 5.39 Å². The second-order valence-corrected chi connectivity index (χ2v) is 4.22. The molecule has 6 heteroatoms. The zero-order valence-corrected chi connectivity index (χ0v) is 11.1. The van der Waals surface area contributed by atoms with Gasteiger partial charge in [-0.3, -0.25) is 9.59 Å². The summed E-state index contributed by atoms with van der Waals surface area (Å²) in [5, 5.41) is 2.71. The van der Waals surface area contributed by atoms with Gasteiger partial charge in [-0.15, -0.1) is 0 Å². The van der Waals surface area contributed by atoms with Gasteiger partial charge in [-0.2, -0.15) is 0 Å². The molecule has 104 valence electrons. The van der Waals surface area contributed by atoms with E-state index >= 15 is 0 Å². The number of aryl methyl sites for hydroxylation is 1. The van der Waals surface area contributed by atoms with Crippen molar-refractivity contribution in [1.29, 1.82) is 0 Å². The van der Waals surface area contributed by atoms with Crippen molar-refractivity contribution in [1.82, 2.24) is 5.32 Å². The molecule has 0 aliphatic carbocycles. The third-order valence-electron chi connectivity index (χ3n) is 2.70. The number of likely N-dealkylation sites (N-methyl/N-ethyl adjacent to an activating group) is 1. The van der Waals surface area contributed by atoms with Crippen LogP contribution in [0, 0.1) is 6.92 Å². The van der Waals surface area contributed by atoms with E-state index in [-0.39, 0.29) is 11.2 Å². The molecular formula is C14H13NO5. The topological polar surface area (TPSA) is 85.6 Å². The molecule has 1 aromatic carbocycles. The van der Waals surface area contributed by atoms with Gasteiger partial charge in [0.15, 0.2) is 12.0 Å². The molecule has 0 atom stereocenters. The number of esters is 1. The van der Waals surface area contributed by atoms with Crippen molar-refractivity contribution in [2.45, 2.75) is 6.92 Å². The van der Waals surface area contributed by atoms with Crippen LogP contribution in [0.4, 0.5) is 0 Å². The second-order valence-electron chi connectivity index (χ2n) is 4.22. The zero-order valence-electron chi connectivity index (χ0n) is 11.1. The normalized spacial score (nSPS) is 10.3. The predicted molar refractivity (Wildman–Crippen MR) is 71.6 cm³/mol. The lowest BCUT2D eigenvalue weighted by Gasteiger charge is -2.04. The van der Waals surface area contributed by atoms with Gasteiger partial charge in [0.2, 0.25) is 5.76 Å². The first-order valence-corrected chi connectivity index (χ1v) is 5.93. The highest BCUT2D eigenvalue weighted by molar-refractivity contribution is 5.90. The molecule has 0 aliphatic rings. The molecule has 0 fully saturated rings. The fourth-order valence-electron chi connectivity index (χ4n) is 1.65. The Bertz CT molecular complexity index is 732. The lowest BCUT2D eigenvalue weighted by atomic mass is 10.1. The van der Waals surface area contributed by atoms with Crippen LogP contribution in [-0.2, 0) is 9.53 Å². The van der Waals surface area contributed by atoms with E-state index in [2.05, 4.69) is 5.32 Å². The van der Waals surface area contributed by atoms with E-state index in [1.54, 1.807) is 18.2 Å². The molecule has 1 heterocycles. The van der Waals surface area contributed by atoms with Crippen LogP contribution in [-0.4, -0.2) is 25.5 Å². The van der Waals surface area contributed by atoms with Gasteiger partial charge in [-0.25, -0.2) is 4.79 Å². The van der Waals surface area contributed by atoms with Crippen LogP contribution in [0.2, 0.25) is 0 Å². The number of ether oxygens (including phenoxy) is 1. The van der Waals surface area contributed by atoms with Crippen molar-refractivity contribution in [2.75, 3.05) is 13.7 Å². The van der Waals surface area contributed by atoms with Crippen molar-refractivity contribution < 1.29 is 18.7 Å². The van der Waals surface area contributed by atoms with Gasteiger partial charge >= 0.3 is 5.97 Å². The summed E-state index contributed by atoms with van der Waals surface area (Å²) in [7, 11) is 1.43. The maximum absolute atomic E-state index is 11.9. The number of nitrogens with one attached hydrogen (secondary N) is 1. The Morgan fingerprint density at radius 3 is 2.75 bits per heavy atom. The van der Waals surface area contributed by atoms with Crippen molar-refractivity contribution in [2.24, 2.45) is 0 Å². The van der Waals surface area contributed by atoms with E-state index < -0.39 is 18.5 Å². The van der Waals surface area contributed by atoms with Crippen molar-refractivity contribution >= 4 is 22.8 Å². The second kappa shape index (κ2) is 5.56. The standard InChI is InChI=1S/C14H13NO5/c1-8-3-4-11-9(5-8)10(16)6-12(20-11)14(18)19-7-13(17)15-2/h3-6H,7H2,1-2H3,(H,15,17). The molecule has 0 unspecified atom stereocenters. The van der Waals surface area contributed by atoms with Crippen molar-refractivity contribution in [3.63, 3.8) is 0 Å². The lowest BCUT2D eigenvalue weighted by Crippen LogP contribution is -2.25. The highest BCUT2D eigenvalue weighted by Crippen LogP contribution is 2.14. The summed E-state index contributed by atoms with van der Waals surface area (Å²) < 4.78 is 10.0. The monoisotopic (exact) mass is 275 g/mol. The van der Waals surface area contributed by atoms with Crippen LogP contribution >= 0.6 is 0 Å². The Morgan fingerprint density at radius 1 is 1.30 bits per heavy atom. The summed E-state index contributed by atoms with van der Waals surface area (Å²) in [6.07, 6.45) is 0. The van der Waals surface area contributed by atoms with E-state index in [0.717, 1.165) is 11.6 Å². The number of amides is 1. The van der Waals surface area contributed by atoms with Crippen LogP contribution in [0.25, 0.3) is 11.0 Å². The number of hydrogen-bond donors (Lipinski definition) is 1. The summed E-state index contributed by atoms with van der Waals surface area (Å²) >= 11 is 0. The van der Waals surface area contributed by atoms with Crippen LogP contribution < -0.4 is 10.7 Å². The number of carbonyl (C=O) groups excluding carboxylic acids is 2. The SMILES string of the molecule is CNC(=O)COC(=O)c1cc(=O)c2cc(C)ccc2o1. The average molecular weight is 275 g/mol. The number of carbonyl (C=O) groups is 2. The molecule has 2 aromatic rings. The quantitative estimate of drug-likeness (QED) is 0.845. The Labute approximate surface area is 114 Å². The summed E-state index contributed by atoms with van der Waals surface area (Å²) in [5.74, 6) is -1.53. The van der Waals surface area contributed by atoms with E-state index in [1.165, 1.54) is 7.05 Å². The minimum atomic E-state index is -0.854. The van der Waals surface area contributed by atoms with E-state index in [0.29, 0.717) is 11.0 Å². The highest BCUT2D eigenvalue weighted by atomic mass is 16.5. The van der Waals surface area contributed by atoms with Crippen molar-refractivity contribution in [3.8, 4) is 0 Å². The van der Waals surface area contributed by atoms with Crippen molar-refractivity contribution in [3.05, 3.63) is 45.8 Å². The van der Waals surface area contributed by atoms with Gasteiger partial charge in [-0.05, 0) is 19.1 Å². The van der Waals surface area contributed by atoms with Gasteiger partial charge < -0.3 is 14.5 Å². The average Bonchev–Trinajstić information content (AvgIpc) is 2.44. The van der Waals surface area contributed by atoms with E-state index in [1.807, 2.05) is 6.92 Å². The number of fused-ring (bicyclic) bond motifs is 1. The fraction of sp³-hybridized carbons (Fsp3) is 0.214. The summed E-state index contributed by atoms with van der Waals surface area (Å²) in [4.78, 5) is 34.6. The largest absolute Gasteiger partial charge is 0.450 e. The van der Waals surface area contributed by atoms with Crippen LogP contribution in [0.1, 0.15) is 16.1 Å². The van der Waals surface area contributed by atoms with Crippen LogP contribution in [0.15, 0.2) is 33.5 Å². The highest BCUT2D eigenvalue weighted by Gasteiger charge is 2.15. The van der Waals surface area contributed by atoms with Crippen LogP contribution in [0.5, 0.6) is 0 Å². The molecule has 0 aliphatic heterocycles. The minimum absolute atomic E-state index is 0.227. The number of hydrogen-bond acceptors (Lipinski definition) is 5. The Hall–Kier alpha value is -2.63. The molecule has 0 saturated heterocycles. The first-order valence-electron chi connectivity index (χ1n) is 5.93. The maximum Gasteiger partial charge on any atom is 0.374 e. The van der Waals surface area contributed by atoms with Gasteiger partial charge in [-0.1, -0.05) is 11.6 Å². The third kappa shape index (κ3) is 2.85. The molecule has 0 radical (unpaired) electrons. The first kappa shape index (κ1) is 13.8. The Morgan fingerprint density at radius 2 is 2.05 bits per heavy atom. The van der Waals surface area contributed by atoms with E-state index in [9.17, 15) is 14.4 Å². The molecule has 2 rings (SSSR count). The maximum atomic E-state index is 11.9. The Kier molecular flexibility index (Phi) is 3.84. The lowest BCUT2D eigenvalue weighted by molar-refractivity contribution is -0.123. The van der Waals surface area contributed by atoms with Gasteiger partial charge in [0.25, 0.3) is 5.91 Å². The molecule has 0 saturated carbocycles.